The number of nitrogens with zero attached hydrogens (tertiary/aromatic N) is 5. The Morgan fingerprint density at radius 2 is 1.59 bits per heavy atom. The number of methoxy groups -OCH3 is 5. The van der Waals surface area contributed by atoms with Crippen LogP contribution in [0.15, 0.2) is 39.8 Å². The number of aromatic nitrogens is 5. The summed E-state index contributed by atoms with van der Waals surface area (Å²) in [5.41, 5.74) is 0.843. The molecule has 0 fully saturated rings. The fraction of sp³-hybridized carbons (Fsp3) is 0.333. The highest BCUT2D eigenvalue weighted by Crippen LogP contribution is 2.38. The van der Waals surface area contributed by atoms with Gasteiger partial charge in [-0.1, -0.05) is 41.8 Å². The lowest BCUT2D eigenvalue weighted by Gasteiger charge is -2.16. The third-order valence-electron chi connectivity index (χ3n) is 5.91. The summed E-state index contributed by atoms with van der Waals surface area (Å²) in [5.74, 6) is 2.66. The predicted molar refractivity (Wildman–Crippen MR) is 167 cm³/mol. The third kappa shape index (κ3) is 7.64. The van der Waals surface area contributed by atoms with Crippen LogP contribution in [0.2, 0.25) is 0 Å². The van der Waals surface area contributed by atoms with Gasteiger partial charge < -0.3 is 29.0 Å². The molecule has 0 radical (unpaired) electrons. The predicted octanol–water partition coefficient (Wildman–Crippen LogP) is 3.93. The normalized spacial score (nSPS) is 10.7. The fourth-order valence-electron chi connectivity index (χ4n) is 3.92. The van der Waals surface area contributed by atoms with Gasteiger partial charge in [0.2, 0.25) is 16.8 Å². The molecule has 0 aliphatic carbocycles. The van der Waals surface area contributed by atoms with Gasteiger partial charge in [0.25, 0.3) is 5.91 Å². The van der Waals surface area contributed by atoms with Gasteiger partial charge in [-0.05, 0) is 30.0 Å². The largest absolute Gasteiger partial charge is 0.497 e. The van der Waals surface area contributed by atoms with Crippen LogP contribution in [0.25, 0.3) is 5.69 Å². The van der Waals surface area contributed by atoms with Crippen molar-refractivity contribution in [2.75, 3.05) is 52.4 Å². The Labute approximate surface area is 266 Å². The van der Waals surface area contributed by atoms with Crippen molar-refractivity contribution >= 4 is 51.8 Å². The van der Waals surface area contributed by atoms with Gasteiger partial charge in [-0.3, -0.25) is 19.5 Å². The summed E-state index contributed by atoms with van der Waals surface area (Å²) in [6.07, 6.45) is 0. The summed E-state index contributed by atoms with van der Waals surface area (Å²) < 4.78 is 29.6. The highest BCUT2D eigenvalue weighted by atomic mass is 32.2. The molecular weight excluding hydrogens is 631 g/mol. The SMILES string of the molecule is CCSc1nnc(NC(=O)CSc2nnc(CNC(=O)c3cc(OC)c(OC)c(OC)c3)n2-c2cc(OC)ccc2OC)s1. The van der Waals surface area contributed by atoms with Crippen LogP contribution in [0.3, 0.4) is 0 Å². The van der Waals surface area contributed by atoms with Gasteiger partial charge in [0.15, 0.2) is 26.8 Å². The molecule has 0 saturated carbocycles. The van der Waals surface area contributed by atoms with E-state index in [2.05, 4.69) is 31.0 Å². The number of anilines is 1. The van der Waals surface area contributed by atoms with E-state index in [4.69, 9.17) is 23.7 Å². The number of carbonyl (C=O) groups excluding carboxylic acids is 2. The summed E-state index contributed by atoms with van der Waals surface area (Å²) in [4.78, 5) is 26.0. The minimum atomic E-state index is -0.414. The molecule has 234 valence electrons. The second-order valence-corrected chi connectivity index (χ2v) is 11.9. The van der Waals surface area contributed by atoms with E-state index < -0.39 is 5.91 Å². The van der Waals surface area contributed by atoms with Crippen molar-refractivity contribution in [3.63, 3.8) is 0 Å². The average molecular weight is 662 g/mol. The molecule has 2 N–H and O–H groups in total. The first-order valence-electron chi connectivity index (χ1n) is 13.0. The quantitative estimate of drug-likeness (QED) is 0.139. The van der Waals surface area contributed by atoms with E-state index in [9.17, 15) is 9.59 Å². The van der Waals surface area contributed by atoms with E-state index in [1.54, 1.807) is 53.8 Å². The van der Waals surface area contributed by atoms with Crippen LogP contribution in [-0.4, -0.2) is 83.8 Å². The van der Waals surface area contributed by atoms with Crippen molar-refractivity contribution in [2.45, 2.75) is 23.0 Å². The number of ether oxygens (including phenoxy) is 5. The maximum Gasteiger partial charge on any atom is 0.251 e. The Morgan fingerprint density at radius 3 is 2.23 bits per heavy atom. The highest BCUT2D eigenvalue weighted by Gasteiger charge is 2.22. The standard InChI is InChI=1S/C27H31N7O7S3/c1-7-42-27-33-31-25(44-27)29-22(35)14-43-26-32-30-21(34(26)17-12-16(37-2)8-9-18(17)38-3)13-28-24(36)15-10-19(39-4)23(41-6)20(11-15)40-5/h8-12H,7,13-14H2,1-6H3,(H,28,36)(H,29,31,35). The number of rotatable bonds is 15. The summed E-state index contributed by atoms with van der Waals surface area (Å²) in [6.45, 7) is 2.00. The number of thioether (sulfide) groups is 2. The monoisotopic (exact) mass is 661 g/mol. The second-order valence-electron chi connectivity index (χ2n) is 8.51. The lowest BCUT2D eigenvalue weighted by molar-refractivity contribution is -0.113. The Hall–Kier alpha value is -4.22. The summed E-state index contributed by atoms with van der Waals surface area (Å²) in [7, 11) is 7.51. The second kappa shape index (κ2) is 15.5. The van der Waals surface area contributed by atoms with Crippen LogP contribution in [0.4, 0.5) is 5.13 Å². The minimum absolute atomic E-state index is 0.0120. The van der Waals surface area contributed by atoms with Crippen molar-refractivity contribution in [1.82, 2.24) is 30.3 Å². The average Bonchev–Trinajstić information content (AvgIpc) is 3.67. The van der Waals surface area contributed by atoms with E-state index in [-0.39, 0.29) is 23.8 Å². The molecule has 2 heterocycles. The summed E-state index contributed by atoms with van der Waals surface area (Å²) in [6, 6.07) is 8.36. The number of hydrogen-bond acceptors (Lipinski definition) is 14. The first-order chi connectivity index (χ1) is 21.3. The highest BCUT2D eigenvalue weighted by molar-refractivity contribution is 8.01. The molecule has 0 bridgehead atoms. The van der Waals surface area contributed by atoms with Crippen molar-refractivity contribution in [3.8, 4) is 34.4 Å². The number of amides is 2. The van der Waals surface area contributed by atoms with E-state index in [1.165, 1.54) is 39.8 Å². The van der Waals surface area contributed by atoms with Gasteiger partial charge >= 0.3 is 0 Å². The lowest BCUT2D eigenvalue weighted by Crippen LogP contribution is -2.25. The van der Waals surface area contributed by atoms with Crippen LogP contribution in [0.5, 0.6) is 28.7 Å². The first-order valence-corrected chi connectivity index (χ1v) is 15.8. The van der Waals surface area contributed by atoms with Crippen LogP contribution >= 0.6 is 34.9 Å². The molecule has 0 aliphatic heterocycles. The zero-order chi connectivity index (χ0) is 31.6. The van der Waals surface area contributed by atoms with Gasteiger partial charge in [0.1, 0.15) is 11.5 Å². The fourth-order valence-corrected chi connectivity index (χ4v) is 6.35. The number of nitrogens with one attached hydrogen (secondary N) is 2. The first kappa shape index (κ1) is 32.7. The van der Waals surface area contributed by atoms with E-state index in [0.29, 0.717) is 50.5 Å². The Kier molecular flexibility index (Phi) is 11.5. The Balaban J connectivity index is 1.59. The maximum absolute atomic E-state index is 13.2. The molecule has 0 saturated heterocycles. The van der Waals surface area contributed by atoms with Gasteiger partial charge in [-0.15, -0.1) is 20.4 Å². The van der Waals surface area contributed by atoms with Gasteiger partial charge in [0, 0.05) is 11.6 Å². The van der Waals surface area contributed by atoms with Crippen LogP contribution in [0, 0.1) is 0 Å². The molecule has 4 aromatic rings. The minimum Gasteiger partial charge on any atom is -0.497 e. The van der Waals surface area contributed by atoms with Gasteiger partial charge in [-0.2, -0.15) is 0 Å². The zero-order valence-corrected chi connectivity index (χ0v) is 27.3. The van der Waals surface area contributed by atoms with Crippen molar-refractivity contribution in [2.24, 2.45) is 0 Å². The molecule has 0 spiro atoms. The molecule has 0 unspecified atom stereocenters. The van der Waals surface area contributed by atoms with Crippen LogP contribution in [-0.2, 0) is 11.3 Å². The molecule has 2 aromatic carbocycles. The van der Waals surface area contributed by atoms with Gasteiger partial charge in [0.05, 0.1) is 53.5 Å². The molecule has 2 aromatic heterocycles. The molecule has 14 nitrogen and oxygen atoms in total. The molecule has 17 heteroatoms. The lowest BCUT2D eigenvalue weighted by atomic mass is 10.1. The third-order valence-corrected chi connectivity index (χ3v) is 8.70. The van der Waals surface area contributed by atoms with Crippen LogP contribution < -0.4 is 34.3 Å². The maximum atomic E-state index is 13.2. The molecule has 2 amide bonds. The van der Waals surface area contributed by atoms with E-state index in [0.717, 1.165) is 21.9 Å². The molecule has 44 heavy (non-hydrogen) atoms. The molecule has 0 atom stereocenters. The van der Waals surface area contributed by atoms with Crippen molar-refractivity contribution < 1.29 is 33.3 Å². The van der Waals surface area contributed by atoms with Crippen molar-refractivity contribution in [1.29, 1.82) is 0 Å². The molecular formula is C27H31N7O7S3. The van der Waals surface area contributed by atoms with E-state index in [1.807, 2.05) is 6.92 Å². The smallest absolute Gasteiger partial charge is 0.251 e. The van der Waals surface area contributed by atoms with Gasteiger partial charge in [-0.25, -0.2) is 0 Å². The molecule has 0 aliphatic rings. The zero-order valence-electron chi connectivity index (χ0n) is 24.8. The van der Waals surface area contributed by atoms with Crippen LogP contribution in [0.1, 0.15) is 23.1 Å². The Bertz CT molecular complexity index is 1590. The summed E-state index contributed by atoms with van der Waals surface area (Å²) >= 11 is 4.01. The number of hydrogen-bond donors (Lipinski definition) is 2. The number of carbonyl (C=O) groups is 2. The molecule has 4 rings (SSSR count). The topological polar surface area (TPSA) is 161 Å². The summed E-state index contributed by atoms with van der Waals surface area (Å²) in [5, 5.41) is 23.2. The van der Waals surface area contributed by atoms with Crippen molar-refractivity contribution in [3.05, 3.63) is 41.7 Å². The Morgan fingerprint density at radius 1 is 0.864 bits per heavy atom. The number of benzene rings is 2. The van der Waals surface area contributed by atoms with E-state index >= 15 is 0 Å².